The van der Waals surface area contributed by atoms with E-state index in [1.54, 1.807) is 0 Å². The highest BCUT2D eigenvalue weighted by atomic mass is 16.5. The zero-order chi connectivity index (χ0) is 13.9. The molecule has 5 nitrogen and oxygen atoms in total. The summed E-state index contributed by atoms with van der Waals surface area (Å²) in [5.74, 6) is 0.103. The van der Waals surface area contributed by atoms with Crippen LogP contribution in [0, 0.1) is 0 Å². The third-order valence-corrected chi connectivity index (χ3v) is 4.68. The fraction of sp³-hybridized carbons (Fsp3) is 0.929. The molecule has 2 aliphatic heterocycles. The van der Waals surface area contributed by atoms with E-state index in [2.05, 4.69) is 11.8 Å². The van der Waals surface area contributed by atoms with Crippen LogP contribution in [0.1, 0.15) is 32.6 Å². The minimum absolute atomic E-state index is 0.103. The molecule has 0 unspecified atom stereocenters. The predicted molar refractivity (Wildman–Crippen MR) is 74.9 cm³/mol. The van der Waals surface area contributed by atoms with Gasteiger partial charge < -0.3 is 20.3 Å². The second-order valence-corrected chi connectivity index (χ2v) is 5.85. The van der Waals surface area contributed by atoms with Crippen molar-refractivity contribution < 1.29 is 9.53 Å². The quantitative estimate of drug-likeness (QED) is 0.807. The average Bonchev–Trinajstić information content (AvgIpc) is 2.46. The molecule has 0 spiro atoms. The molecule has 0 aromatic rings. The molecule has 0 radical (unpaired) electrons. The Morgan fingerprint density at radius 1 is 1.37 bits per heavy atom. The van der Waals surface area contributed by atoms with E-state index in [9.17, 15) is 4.79 Å². The van der Waals surface area contributed by atoms with E-state index in [4.69, 9.17) is 10.5 Å². The number of nitrogens with zero attached hydrogens (tertiary/aromatic N) is 2. The monoisotopic (exact) mass is 269 g/mol. The smallest absolute Gasteiger partial charge is 0.242 e. The zero-order valence-electron chi connectivity index (χ0n) is 12.2. The van der Waals surface area contributed by atoms with E-state index >= 15 is 0 Å². The van der Waals surface area contributed by atoms with Gasteiger partial charge in [-0.1, -0.05) is 6.92 Å². The van der Waals surface area contributed by atoms with Crippen LogP contribution in [0.15, 0.2) is 0 Å². The maximum absolute atomic E-state index is 12.6. The Bertz CT molecular complexity index is 308. The molecule has 5 heteroatoms. The van der Waals surface area contributed by atoms with E-state index < -0.39 is 5.54 Å². The number of ether oxygens (including phenoxy) is 1. The summed E-state index contributed by atoms with van der Waals surface area (Å²) in [6.07, 6.45) is 3.40. The van der Waals surface area contributed by atoms with Crippen LogP contribution in [0.3, 0.4) is 0 Å². The molecule has 0 aliphatic carbocycles. The van der Waals surface area contributed by atoms with Crippen LogP contribution in [0.2, 0.25) is 0 Å². The van der Waals surface area contributed by atoms with Gasteiger partial charge in [-0.2, -0.15) is 0 Å². The summed E-state index contributed by atoms with van der Waals surface area (Å²) in [6.45, 7) is 6.66. The number of carbonyl (C=O) groups is 1. The number of nitrogens with two attached hydrogens (primary N) is 1. The van der Waals surface area contributed by atoms with Crippen molar-refractivity contribution in [3.63, 3.8) is 0 Å². The number of carbonyl (C=O) groups excluding carboxylic acids is 1. The van der Waals surface area contributed by atoms with Gasteiger partial charge in [-0.15, -0.1) is 0 Å². The van der Waals surface area contributed by atoms with E-state index in [0.717, 1.165) is 32.5 Å². The zero-order valence-corrected chi connectivity index (χ0v) is 12.2. The molecule has 19 heavy (non-hydrogen) atoms. The molecule has 2 N–H and O–H groups in total. The van der Waals surface area contributed by atoms with Gasteiger partial charge in [0.2, 0.25) is 5.91 Å². The highest BCUT2D eigenvalue weighted by Crippen LogP contribution is 2.23. The Labute approximate surface area is 116 Å². The van der Waals surface area contributed by atoms with Gasteiger partial charge in [0, 0.05) is 39.4 Å². The van der Waals surface area contributed by atoms with Crippen molar-refractivity contribution in [1.29, 1.82) is 0 Å². The number of likely N-dealkylation sites (tertiary alicyclic amines) is 1. The van der Waals surface area contributed by atoms with Gasteiger partial charge in [0.1, 0.15) is 0 Å². The Balaban J connectivity index is 1.92. The second-order valence-electron chi connectivity index (χ2n) is 5.85. The number of likely N-dealkylation sites (N-methyl/N-ethyl adjacent to an activating group) is 1. The second kappa shape index (κ2) is 6.20. The molecule has 0 saturated carbocycles. The van der Waals surface area contributed by atoms with E-state index in [-0.39, 0.29) is 5.91 Å². The summed E-state index contributed by atoms with van der Waals surface area (Å²) >= 11 is 0. The van der Waals surface area contributed by atoms with Crippen LogP contribution in [0.4, 0.5) is 0 Å². The van der Waals surface area contributed by atoms with Crippen molar-refractivity contribution in [1.82, 2.24) is 9.80 Å². The van der Waals surface area contributed by atoms with Gasteiger partial charge in [0.25, 0.3) is 0 Å². The standard InChI is InChI=1S/C14H27N3O2/c1-3-17-8-4-12(5-9-17)16(2)13(18)14(15)6-10-19-11-7-14/h12H,3-11,15H2,1-2H3. The third-order valence-electron chi connectivity index (χ3n) is 4.68. The summed E-state index contributed by atoms with van der Waals surface area (Å²) in [5.41, 5.74) is 5.58. The number of piperidine rings is 1. The summed E-state index contributed by atoms with van der Waals surface area (Å²) < 4.78 is 5.31. The molecule has 2 heterocycles. The average molecular weight is 269 g/mol. The van der Waals surface area contributed by atoms with Crippen molar-refractivity contribution in [2.45, 2.75) is 44.2 Å². The minimum Gasteiger partial charge on any atom is -0.381 e. The van der Waals surface area contributed by atoms with Crippen molar-refractivity contribution in [3.8, 4) is 0 Å². The highest BCUT2D eigenvalue weighted by molar-refractivity contribution is 5.86. The molecular formula is C14H27N3O2. The number of hydrogen-bond acceptors (Lipinski definition) is 4. The maximum atomic E-state index is 12.6. The topological polar surface area (TPSA) is 58.8 Å². The van der Waals surface area contributed by atoms with Gasteiger partial charge in [-0.25, -0.2) is 0 Å². The maximum Gasteiger partial charge on any atom is 0.242 e. The fourth-order valence-electron chi connectivity index (χ4n) is 3.09. The molecule has 0 aromatic heterocycles. The first-order chi connectivity index (χ1) is 9.07. The number of rotatable bonds is 3. The Hall–Kier alpha value is -0.650. The first-order valence-electron chi connectivity index (χ1n) is 7.43. The molecule has 2 rings (SSSR count). The summed E-state index contributed by atoms with van der Waals surface area (Å²) in [7, 11) is 1.92. The lowest BCUT2D eigenvalue weighted by Crippen LogP contribution is -2.60. The molecule has 0 aromatic carbocycles. The molecule has 2 aliphatic rings. The molecule has 2 saturated heterocycles. The fourth-order valence-corrected chi connectivity index (χ4v) is 3.09. The Morgan fingerprint density at radius 2 is 1.95 bits per heavy atom. The summed E-state index contributed by atoms with van der Waals surface area (Å²) in [6, 6.07) is 0.346. The minimum atomic E-state index is -0.700. The van der Waals surface area contributed by atoms with Crippen LogP contribution in [0.5, 0.6) is 0 Å². The van der Waals surface area contributed by atoms with Gasteiger partial charge >= 0.3 is 0 Å². The molecule has 2 fully saturated rings. The van der Waals surface area contributed by atoms with Gasteiger partial charge in [-0.3, -0.25) is 4.79 Å². The van der Waals surface area contributed by atoms with E-state index in [1.807, 2.05) is 11.9 Å². The lowest BCUT2D eigenvalue weighted by Gasteiger charge is -2.41. The van der Waals surface area contributed by atoms with Gasteiger partial charge in [0.05, 0.1) is 5.54 Å². The van der Waals surface area contributed by atoms with Crippen molar-refractivity contribution in [2.24, 2.45) is 5.73 Å². The molecule has 0 bridgehead atoms. The number of amides is 1. The van der Waals surface area contributed by atoms with Crippen molar-refractivity contribution >= 4 is 5.91 Å². The van der Waals surface area contributed by atoms with E-state index in [1.165, 1.54) is 0 Å². The Kier molecular flexibility index (Phi) is 4.81. The molecule has 0 atom stereocenters. The van der Waals surface area contributed by atoms with Crippen LogP contribution < -0.4 is 5.73 Å². The predicted octanol–water partition coefficient (Wildman–Crippen LogP) is 0.437. The summed E-state index contributed by atoms with van der Waals surface area (Å²) in [4.78, 5) is 16.9. The van der Waals surface area contributed by atoms with Gasteiger partial charge in [-0.05, 0) is 32.2 Å². The van der Waals surface area contributed by atoms with E-state index in [0.29, 0.717) is 32.1 Å². The van der Waals surface area contributed by atoms with Crippen LogP contribution in [-0.2, 0) is 9.53 Å². The first kappa shape index (κ1) is 14.8. The molecule has 110 valence electrons. The van der Waals surface area contributed by atoms with Crippen LogP contribution in [0.25, 0.3) is 0 Å². The Morgan fingerprint density at radius 3 is 2.47 bits per heavy atom. The normalized spacial score (nSPS) is 25.2. The SMILES string of the molecule is CCN1CCC(N(C)C(=O)C2(N)CCOCC2)CC1. The summed E-state index contributed by atoms with van der Waals surface area (Å²) in [5, 5.41) is 0. The first-order valence-corrected chi connectivity index (χ1v) is 7.43. The molecule has 1 amide bonds. The third kappa shape index (κ3) is 3.27. The van der Waals surface area contributed by atoms with Gasteiger partial charge in [0.15, 0.2) is 0 Å². The lowest BCUT2D eigenvalue weighted by atomic mass is 9.88. The van der Waals surface area contributed by atoms with Crippen LogP contribution >= 0.6 is 0 Å². The number of hydrogen-bond donors (Lipinski definition) is 1. The molecular weight excluding hydrogens is 242 g/mol. The van der Waals surface area contributed by atoms with Crippen molar-refractivity contribution in [3.05, 3.63) is 0 Å². The highest BCUT2D eigenvalue weighted by Gasteiger charge is 2.40. The van der Waals surface area contributed by atoms with Crippen molar-refractivity contribution in [2.75, 3.05) is 39.9 Å². The van der Waals surface area contributed by atoms with Crippen LogP contribution in [-0.4, -0.2) is 67.2 Å². The lowest BCUT2D eigenvalue weighted by molar-refractivity contribution is -0.142. The largest absolute Gasteiger partial charge is 0.381 e.